The van der Waals surface area contributed by atoms with E-state index in [9.17, 15) is 4.79 Å². The summed E-state index contributed by atoms with van der Waals surface area (Å²) >= 11 is 1.44. The van der Waals surface area contributed by atoms with Crippen LogP contribution in [0.1, 0.15) is 34.7 Å². The van der Waals surface area contributed by atoms with Crippen molar-refractivity contribution in [3.8, 4) is 5.75 Å². The van der Waals surface area contributed by atoms with Crippen LogP contribution < -0.4 is 19.6 Å². The van der Waals surface area contributed by atoms with Crippen LogP contribution in [0.4, 0.5) is 0 Å². The van der Waals surface area contributed by atoms with E-state index in [1.807, 2.05) is 71.3 Å². The van der Waals surface area contributed by atoms with Crippen molar-refractivity contribution in [2.45, 2.75) is 18.9 Å². The molecule has 0 radical (unpaired) electrons. The van der Waals surface area contributed by atoms with Crippen LogP contribution in [0.25, 0.3) is 17.8 Å². The van der Waals surface area contributed by atoms with Crippen molar-refractivity contribution < 1.29 is 4.74 Å². The van der Waals surface area contributed by atoms with Crippen molar-refractivity contribution in [1.29, 1.82) is 0 Å². The van der Waals surface area contributed by atoms with Gasteiger partial charge >= 0.3 is 0 Å². The number of hydrogen-bond donors (Lipinski definition) is 0. The molecule has 1 aliphatic heterocycles. The molecule has 0 bridgehead atoms. The smallest absolute Gasteiger partial charge is 0.271 e. The van der Waals surface area contributed by atoms with E-state index in [-0.39, 0.29) is 11.6 Å². The van der Waals surface area contributed by atoms with Crippen LogP contribution >= 0.6 is 11.3 Å². The molecule has 0 spiro atoms. The predicted octanol–water partition coefficient (Wildman–Crippen LogP) is 4.99. The SMILES string of the molecule is COc1ccccc1C1C2=C(N=c3sc(=C/C=C/c4ccccc4)c(=O)n31)c1ccccc1CC2. The number of ether oxygens (including phenoxy) is 1. The van der Waals surface area contributed by atoms with Crippen LogP contribution in [0, 0.1) is 0 Å². The van der Waals surface area contributed by atoms with Crippen molar-refractivity contribution in [2.75, 3.05) is 7.11 Å². The highest BCUT2D eigenvalue weighted by atomic mass is 32.1. The van der Waals surface area contributed by atoms with Gasteiger partial charge in [0.2, 0.25) is 0 Å². The van der Waals surface area contributed by atoms with E-state index in [0.29, 0.717) is 4.53 Å². The molecule has 0 fully saturated rings. The second kappa shape index (κ2) is 9.01. The highest BCUT2D eigenvalue weighted by Gasteiger charge is 2.33. The first-order valence-corrected chi connectivity index (χ1v) is 12.5. The fourth-order valence-electron chi connectivity index (χ4n) is 5.02. The molecule has 1 atom stereocenters. The van der Waals surface area contributed by atoms with Gasteiger partial charge in [0.1, 0.15) is 5.75 Å². The Kier molecular flexibility index (Phi) is 5.55. The van der Waals surface area contributed by atoms with Crippen molar-refractivity contribution in [1.82, 2.24) is 4.57 Å². The molecule has 4 aromatic rings. The number of benzene rings is 3. The molecular formula is C30H24N2O2S. The number of hydrogen-bond acceptors (Lipinski definition) is 4. The first-order chi connectivity index (χ1) is 17.2. The van der Waals surface area contributed by atoms with Crippen molar-refractivity contribution >= 4 is 29.2 Å². The third-order valence-electron chi connectivity index (χ3n) is 6.64. The number of allylic oxidation sites excluding steroid dienone is 2. The molecule has 6 rings (SSSR count). The summed E-state index contributed by atoms with van der Waals surface area (Å²) in [7, 11) is 1.68. The van der Waals surface area contributed by atoms with Gasteiger partial charge in [-0.15, -0.1) is 0 Å². The maximum absolute atomic E-state index is 13.7. The fourth-order valence-corrected chi connectivity index (χ4v) is 5.97. The Morgan fingerprint density at radius 3 is 2.60 bits per heavy atom. The molecule has 5 heteroatoms. The maximum Gasteiger partial charge on any atom is 0.271 e. The molecule has 0 amide bonds. The van der Waals surface area contributed by atoms with Gasteiger partial charge in [-0.3, -0.25) is 9.36 Å². The summed E-state index contributed by atoms with van der Waals surface area (Å²) in [6.45, 7) is 0. The summed E-state index contributed by atoms with van der Waals surface area (Å²) in [5, 5.41) is 0. The molecule has 0 saturated heterocycles. The second-order valence-corrected chi connectivity index (χ2v) is 9.66. The maximum atomic E-state index is 13.7. The van der Waals surface area contributed by atoms with Crippen LogP contribution in [0.2, 0.25) is 0 Å². The monoisotopic (exact) mass is 476 g/mol. The standard InChI is InChI=1S/C30H24N2O2S/c1-34-25-16-8-7-15-23(25)28-24-19-18-21-13-5-6-14-22(21)27(24)31-30-32(28)29(33)26(35-30)17-9-12-20-10-3-2-4-11-20/h2-17,28H,18-19H2,1H3/b12-9+,26-17?. The van der Waals surface area contributed by atoms with Crippen molar-refractivity contribution in [3.05, 3.63) is 132 Å². The third kappa shape index (κ3) is 3.78. The van der Waals surface area contributed by atoms with Gasteiger partial charge in [0.05, 0.1) is 23.4 Å². The van der Waals surface area contributed by atoms with Crippen molar-refractivity contribution in [3.63, 3.8) is 0 Å². The summed E-state index contributed by atoms with van der Waals surface area (Å²) in [5.41, 5.74) is 6.70. The molecular weight excluding hydrogens is 452 g/mol. The number of methoxy groups -OCH3 is 1. The Bertz CT molecular complexity index is 1660. The Balaban J connectivity index is 1.57. The van der Waals surface area contributed by atoms with E-state index in [1.165, 1.54) is 22.5 Å². The molecule has 4 nitrogen and oxygen atoms in total. The van der Waals surface area contributed by atoms with Gasteiger partial charge in [0.15, 0.2) is 4.80 Å². The molecule has 2 heterocycles. The first-order valence-electron chi connectivity index (χ1n) is 11.7. The minimum atomic E-state index is -0.244. The number of aryl methyl sites for hydroxylation is 1. The van der Waals surface area contributed by atoms with Gasteiger partial charge in [-0.05, 0) is 41.7 Å². The van der Waals surface area contributed by atoms with E-state index in [2.05, 4.69) is 30.3 Å². The highest BCUT2D eigenvalue weighted by Crippen LogP contribution is 2.43. The van der Waals surface area contributed by atoms with Gasteiger partial charge in [0.25, 0.3) is 5.56 Å². The lowest BCUT2D eigenvalue weighted by Crippen LogP contribution is -2.38. The van der Waals surface area contributed by atoms with Gasteiger partial charge in [0, 0.05) is 11.1 Å². The summed E-state index contributed by atoms with van der Waals surface area (Å²) in [6.07, 6.45) is 7.63. The third-order valence-corrected chi connectivity index (χ3v) is 7.64. The summed E-state index contributed by atoms with van der Waals surface area (Å²) in [6, 6.07) is 26.3. The Labute approximate surface area is 207 Å². The van der Waals surface area contributed by atoms with Gasteiger partial charge in [-0.25, -0.2) is 4.99 Å². The lowest BCUT2D eigenvalue weighted by Gasteiger charge is -2.31. The van der Waals surface area contributed by atoms with Crippen LogP contribution in [-0.2, 0) is 6.42 Å². The molecule has 1 aromatic heterocycles. The largest absolute Gasteiger partial charge is 0.496 e. The quantitative estimate of drug-likeness (QED) is 0.416. The Morgan fingerprint density at radius 2 is 1.74 bits per heavy atom. The van der Waals surface area contributed by atoms with E-state index in [1.54, 1.807) is 7.11 Å². The average molecular weight is 477 g/mol. The van der Waals surface area contributed by atoms with Crippen LogP contribution in [-0.4, -0.2) is 11.7 Å². The molecule has 0 N–H and O–H groups in total. The minimum Gasteiger partial charge on any atom is -0.496 e. The lowest BCUT2D eigenvalue weighted by molar-refractivity contribution is 0.402. The Morgan fingerprint density at radius 1 is 0.971 bits per heavy atom. The average Bonchev–Trinajstić information content (AvgIpc) is 3.22. The van der Waals surface area contributed by atoms with E-state index in [0.717, 1.165) is 45.8 Å². The van der Waals surface area contributed by atoms with Crippen LogP contribution in [0.5, 0.6) is 5.75 Å². The van der Waals surface area contributed by atoms with Crippen molar-refractivity contribution in [2.24, 2.45) is 4.99 Å². The number of nitrogens with zero attached hydrogens (tertiary/aromatic N) is 2. The van der Waals surface area contributed by atoms with Crippen LogP contribution in [0.15, 0.2) is 100 Å². The summed E-state index contributed by atoms with van der Waals surface area (Å²) in [4.78, 5) is 19.5. The first kappa shape index (κ1) is 21.6. The zero-order valence-corrected chi connectivity index (χ0v) is 20.2. The molecule has 2 aliphatic rings. The second-order valence-electron chi connectivity index (χ2n) is 8.65. The molecule has 1 unspecified atom stereocenters. The summed E-state index contributed by atoms with van der Waals surface area (Å²) in [5.74, 6) is 0.781. The molecule has 3 aromatic carbocycles. The number of rotatable bonds is 4. The zero-order chi connectivity index (χ0) is 23.8. The predicted molar refractivity (Wildman–Crippen MR) is 142 cm³/mol. The van der Waals surface area contributed by atoms with E-state index >= 15 is 0 Å². The molecule has 0 saturated carbocycles. The number of aromatic nitrogens is 1. The number of thiazole rings is 1. The highest BCUT2D eigenvalue weighted by molar-refractivity contribution is 7.07. The van der Waals surface area contributed by atoms with E-state index in [4.69, 9.17) is 9.73 Å². The van der Waals surface area contributed by atoms with Gasteiger partial charge in [-0.2, -0.15) is 0 Å². The lowest BCUT2D eigenvalue weighted by atomic mass is 9.83. The molecule has 35 heavy (non-hydrogen) atoms. The van der Waals surface area contributed by atoms with E-state index < -0.39 is 0 Å². The number of fused-ring (bicyclic) bond motifs is 3. The van der Waals surface area contributed by atoms with Gasteiger partial charge in [-0.1, -0.05) is 96.3 Å². The van der Waals surface area contributed by atoms with Gasteiger partial charge < -0.3 is 4.74 Å². The molecule has 1 aliphatic carbocycles. The minimum absolute atomic E-state index is 0.0206. The van der Waals surface area contributed by atoms with Crippen LogP contribution in [0.3, 0.4) is 0 Å². The topological polar surface area (TPSA) is 43.6 Å². The zero-order valence-electron chi connectivity index (χ0n) is 19.3. The summed E-state index contributed by atoms with van der Waals surface area (Å²) < 4.78 is 8.27. The number of para-hydroxylation sites is 1. The molecule has 172 valence electrons. The normalized spacial score (nSPS) is 17.1. The Hall–Kier alpha value is -3.96. The fraction of sp³-hybridized carbons (Fsp3) is 0.133.